The van der Waals surface area contributed by atoms with Crippen molar-refractivity contribution >= 4 is 27.5 Å². The van der Waals surface area contributed by atoms with Gasteiger partial charge in [-0.1, -0.05) is 11.6 Å². The van der Waals surface area contributed by atoms with Gasteiger partial charge in [0.2, 0.25) is 5.89 Å². The van der Waals surface area contributed by atoms with Gasteiger partial charge in [0.25, 0.3) is 4.80 Å². The first-order valence-corrected chi connectivity index (χ1v) is 4.78. The summed E-state index contributed by atoms with van der Waals surface area (Å²) in [5.41, 5.74) is 0.506. The van der Waals surface area contributed by atoms with Crippen LogP contribution in [0.3, 0.4) is 0 Å². The lowest BCUT2D eigenvalue weighted by Gasteiger charge is -1.97. The van der Waals surface area contributed by atoms with Crippen molar-refractivity contribution in [3.63, 3.8) is 0 Å². The highest BCUT2D eigenvalue weighted by Crippen LogP contribution is 2.28. The molecule has 0 aliphatic rings. The Hall–Kier alpha value is -0.940. The van der Waals surface area contributed by atoms with Crippen LogP contribution in [0.25, 0.3) is 11.5 Å². The maximum atomic E-state index is 12.7. The Morgan fingerprint density at radius 3 is 2.71 bits per heavy atom. The Morgan fingerprint density at radius 2 is 2.14 bits per heavy atom. The highest BCUT2D eigenvalue weighted by atomic mass is 79.9. The molecule has 1 aromatic carbocycles. The molecule has 0 atom stereocenters. The lowest BCUT2D eigenvalue weighted by atomic mass is 10.2. The number of hydrogen-bond donors (Lipinski definition) is 0. The second-order valence-corrected chi connectivity index (χ2v) is 3.57. The van der Waals surface area contributed by atoms with E-state index in [2.05, 4.69) is 26.1 Å². The molecule has 3 nitrogen and oxygen atoms in total. The quantitative estimate of drug-likeness (QED) is 0.803. The van der Waals surface area contributed by atoms with E-state index in [-0.39, 0.29) is 15.7 Å². The average molecular weight is 277 g/mol. The van der Waals surface area contributed by atoms with Gasteiger partial charge in [0.05, 0.1) is 10.6 Å². The van der Waals surface area contributed by atoms with Crippen molar-refractivity contribution in [3.8, 4) is 11.5 Å². The van der Waals surface area contributed by atoms with Crippen molar-refractivity contribution in [1.29, 1.82) is 0 Å². The van der Waals surface area contributed by atoms with E-state index in [1.807, 2.05) is 0 Å². The zero-order chi connectivity index (χ0) is 10.1. The summed E-state index contributed by atoms with van der Waals surface area (Å²) in [6.07, 6.45) is 0. The largest absolute Gasteiger partial charge is 0.411 e. The number of hydrogen-bond acceptors (Lipinski definition) is 3. The smallest absolute Gasteiger partial charge is 0.285 e. The molecule has 0 saturated carbocycles. The first-order chi connectivity index (χ1) is 6.66. The number of aromatic nitrogens is 2. The summed E-state index contributed by atoms with van der Waals surface area (Å²) in [4.78, 5) is 0.257. The topological polar surface area (TPSA) is 38.9 Å². The monoisotopic (exact) mass is 276 g/mol. The fraction of sp³-hybridized carbons (Fsp3) is 0. The van der Waals surface area contributed by atoms with E-state index < -0.39 is 5.82 Å². The molecule has 0 amide bonds. The van der Waals surface area contributed by atoms with Gasteiger partial charge in [0, 0.05) is 15.9 Å². The van der Waals surface area contributed by atoms with E-state index in [4.69, 9.17) is 16.0 Å². The highest BCUT2D eigenvalue weighted by molar-refractivity contribution is 9.10. The Balaban J connectivity index is 2.52. The van der Waals surface area contributed by atoms with Crippen LogP contribution < -0.4 is 0 Å². The summed E-state index contributed by atoms with van der Waals surface area (Å²) >= 11 is 8.80. The molecule has 0 N–H and O–H groups in total. The van der Waals surface area contributed by atoms with Crippen LogP contribution in [0.4, 0.5) is 4.39 Å². The minimum Gasteiger partial charge on any atom is -0.411 e. The van der Waals surface area contributed by atoms with Gasteiger partial charge in [0.1, 0.15) is 5.82 Å². The number of rotatable bonds is 1. The van der Waals surface area contributed by atoms with Crippen LogP contribution >= 0.6 is 27.5 Å². The molecule has 0 radical (unpaired) electrons. The van der Waals surface area contributed by atoms with E-state index in [1.54, 1.807) is 0 Å². The van der Waals surface area contributed by atoms with Gasteiger partial charge in [-0.05, 0) is 18.2 Å². The van der Waals surface area contributed by atoms with E-state index in [9.17, 15) is 4.39 Å². The molecule has 0 bridgehead atoms. The van der Waals surface area contributed by atoms with E-state index >= 15 is 0 Å². The van der Waals surface area contributed by atoms with Gasteiger partial charge in [-0.25, -0.2) is 4.39 Å². The Morgan fingerprint density at radius 1 is 1.36 bits per heavy atom. The lowest BCUT2D eigenvalue weighted by molar-refractivity contribution is 0.540. The normalized spacial score (nSPS) is 10.5. The lowest BCUT2D eigenvalue weighted by Crippen LogP contribution is -1.81. The Bertz CT molecular complexity index is 474. The molecule has 0 saturated heterocycles. The average Bonchev–Trinajstić information content (AvgIpc) is 2.51. The molecule has 0 spiro atoms. The molecule has 2 rings (SSSR count). The van der Waals surface area contributed by atoms with Crippen LogP contribution in [0.15, 0.2) is 27.4 Å². The predicted molar refractivity (Wildman–Crippen MR) is 52.4 cm³/mol. The molecule has 0 fully saturated rings. The molecule has 1 heterocycles. The number of halogens is 3. The molecular formula is C8H3BrClFN2O. The van der Waals surface area contributed by atoms with Crippen LogP contribution in [0.2, 0.25) is 5.02 Å². The molecular weight excluding hydrogens is 274 g/mol. The molecule has 0 aliphatic carbocycles. The third kappa shape index (κ3) is 1.78. The first-order valence-electron chi connectivity index (χ1n) is 3.61. The van der Waals surface area contributed by atoms with Gasteiger partial charge in [-0.3, -0.25) is 0 Å². The number of benzene rings is 1. The summed E-state index contributed by atoms with van der Waals surface area (Å²) in [7, 11) is 0. The van der Waals surface area contributed by atoms with E-state index in [0.29, 0.717) is 5.56 Å². The maximum Gasteiger partial charge on any atom is 0.285 e. The van der Waals surface area contributed by atoms with Crippen LogP contribution in [-0.4, -0.2) is 10.2 Å². The second-order valence-electron chi connectivity index (χ2n) is 2.48. The summed E-state index contributed by atoms with van der Waals surface area (Å²) in [5.74, 6) is -0.154. The predicted octanol–water partition coefficient (Wildman–Crippen LogP) is 3.29. The van der Waals surface area contributed by atoms with Gasteiger partial charge in [-0.2, -0.15) is 0 Å². The zero-order valence-electron chi connectivity index (χ0n) is 6.67. The van der Waals surface area contributed by atoms with Crippen molar-refractivity contribution in [1.82, 2.24) is 10.2 Å². The SMILES string of the molecule is Fc1ccc(-c2nnc(Br)o2)c(Cl)c1. The van der Waals surface area contributed by atoms with Crippen LogP contribution in [0.5, 0.6) is 0 Å². The summed E-state index contributed by atoms with van der Waals surface area (Å²) in [6, 6.07) is 3.95. The third-order valence-corrected chi connectivity index (χ3v) is 2.20. The molecule has 0 unspecified atom stereocenters. The molecule has 6 heteroatoms. The summed E-state index contributed by atoms with van der Waals surface area (Å²) in [6.45, 7) is 0. The van der Waals surface area contributed by atoms with Crippen molar-refractivity contribution in [2.24, 2.45) is 0 Å². The molecule has 0 aliphatic heterocycles. The standard InChI is InChI=1S/C8H3BrClFN2O/c9-8-13-12-7(14-8)5-2-1-4(11)3-6(5)10/h1-3H. The zero-order valence-corrected chi connectivity index (χ0v) is 9.01. The fourth-order valence-corrected chi connectivity index (χ4v) is 1.46. The van der Waals surface area contributed by atoms with Crippen LogP contribution in [0.1, 0.15) is 0 Å². The van der Waals surface area contributed by atoms with E-state index in [1.165, 1.54) is 18.2 Å². The fourth-order valence-electron chi connectivity index (χ4n) is 0.977. The molecule has 2 aromatic rings. The van der Waals surface area contributed by atoms with Crippen molar-refractivity contribution in [3.05, 3.63) is 33.8 Å². The minimum atomic E-state index is -0.405. The van der Waals surface area contributed by atoms with E-state index in [0.717, 1.165) is 0 Å². The summed E-state index contributed by atoms with van der Waals surface area (Å²) in [5, 5.41) is 7.55. The molecule has 1 aromatic heterocycles. The highest BCUT2D eigenvalue weighted by Gasteiger charge is 2.10. The van der Waals surface area contributed by atoms with Crippen LogP contribution in [0, 0.1) is 5.82 Å². The molecule has 14 heavy (non-hydrogen) atoms. The van der Waals surface area contributed by atoms with Gasteiger partial charge in [-0.15, -0.1) is 10.2 Å². The van der Waals surface area contributed by atoms with Crippen molar-refractivity contribution < 1.29 is 8.81 Å². The van der Waals surface area contributed by atoms with Gasteiger partial charge in [0.15, 0.2) is 0 Å². The Labute approximate surface area is 92.0 Å². The third-order valence-electron chi connectivity index (χ3n) is 1.56. The van der Waals surface area contributed by atoms with Gasteiger partial charge < -0.3 is 4.42 Å². The minimum absolute atomic E-state index is 0.237. The summed E-state index contributed by atoms with van der Waals surface area (Å²) < 4.78 is 17.8. The van der Waals surface area contributed by atoms with Crippen molar-refractivity contribution in [2.45, 2.75) is 0 Å². The van der Waals surface area contributed by atoms with Crippen LogP contribution in [-0.2, 0) is 0 Å². The van der Waals surface area contributed by atoms with Crippen molar-refractivity contribution in [2.75, 3.05) is 0 Å². The number of nitrogens with zero attached hydrogens (tertiary/aromatic N) is 2. The van der Waals surface area contributed by atoms with Gasteiger partial charge >= 0.3 is 0 Å². The maximum absolute atomic E-state index is 12.7. The first kappa shape index (κ1) is 9.61. The molecule has 72 valence electrons. The second kappa shape index (κ2) is 3.67. The Kier molecular flexibility index (Phi) is 2.52.